The van der Waals surface area contributed by atoms with E-state index in [1.165, 1.54) is 64.2 Å². The number of rotatable bonds is 18. The van der Waals surface area contributed by atoms with Crippen LogP contribution in [-0.2, 0) is 4.74 Å². The topological polar surface area (TPSA) is 38.3 Å². The van der Waals surface area contributed by atoms with Gasteiger partial charge < -0.3 is 10.1 Å². The summed E-state index contributed by atoms with van der Waals surface area (Å²) >= 11 is 0. The van der Waals surface area contributed by atoms with E-state index >= 15 is 0 Å². The number of alkyl carbamates (subject to hydrolysis) is 1. The van der Waals surface area contributed by atoms with Crippen molar-refractivity contribution in [2.75, 3.05) is 0 Å². The standard InChI is InChI=1S/C24H49NO2/c1-6-10-12-14-16-18-22(19-17-15-13-11-7-2)25-24(26)27-23(9-4)20-21(5)8-3/h21-23H,6-20H2,1-5H3,(H,25,26). The molecule has 0 aromatic rings. The largest absolute Gasteiger partial charge is 0.446 e. The molecule has 0 saturated heterocycles. The Morgan fingerprint density at radius 1 is 0.778 bits per heavy atom. The summed E-state index contributed by atoms with van der Waals surface area (Å²) in [6, 6.07) is 0.279. The van der Waals surface area contributed by atoms with E-state index in [-0.39, 0.29) is 18.2 Å². The minimum absolute atomic E-state index is 0.0507. The number of unbranched alkanes of at least 4 members (excludes halogenated alkanes) is 8. The van der Waals surface area contributed by atoms with Gasteiger partial charge in [-0.3, -0.25) is 0 Å². The van der Waals surface area contributed by atoms with Crippen molar-refractivity contribution < 1.29 is 9.53 Å². The zero-order valence-corrected chi connectivity index (χ0v) is 19.2. The van der Waals surface area contributed by atoms with E-state index in [1.807, 2.05) is 0 Å². The van der Waals surface area contributed by atoms with E-state index in [0.717, 1.165) is 32.1 Å². The maximum absolute atomic E-state index is 12.4. The van der Waals surface area contributed by atoms with Crippen molar-refractivity contribution in [3.63, 3.8) is 0 Å². The van der Waals surface area contributed by atoms with E-state index in [1.54, 1.807) is 0 Å². The highest BCUT2D eigenvalue weighted by Crippen LogP contribution is 2.17. The zero-order chi connectivity index (χ0) is 20.3. The first-order valence-corrected chi connectivity index (χ1v) is 12.0. The Morgan fingerprint density at radius 2 is 1.30 bits per heavy atom. The SMILES string of the molecule is CCCCCCCC(CCCCCCC)NC(=O)OC(CC)CC(C)CC. The Morgan fingerprint density at radius 3 is 1.74 bits per heavy atom. The third kappa shape index (κ3) is 16.0. The molecule has 1 amide bonds. The van der Waals surface area contributed by atoms with Gasteiger partial charge in [-0.15, -0.1) is 0 Å². The second-order valence-electron chi connectivity index (χ2n) is 8.43. The molecule has 0 bridgehead atoms. The van der Waals surface area contributed by atoms with Gasteiger partial charge in [0, 0.05) is 6.04 Å². The van der Waals surface area contributed by atoms with Crippen LogP contribution in [0, 0.1) is 5.92 Å². The van der Waals surface area contributed by atoms with Gasteiger partial charge in [0.1, 0.15) is 6.10 Å². The van der Waals surface area contributed by atoms with Crippen LogP contribution < -0.4 is 5.32 Å². The predicted octanol–water partition coefficient (Wildman–Crippen LogP) is 8.02. The lowest BCUT2D eigenvalue weighted by molar-refractivity contribution is 0.0776. The van der Waals surface area contributed by atoms with Crippen LogP contribution in [0.5, 0.6) is 0 Å². The molecule has 0 aliphatic carbocycles. The fourth-order valence-corrected chi connectivity index (χ4v) is 3.54. The normalized spacial score (nSPS) is 13.6. The molecule has 0 aromatic carbocycles. The monoisotopic (exact) mass is 383 g/mol. The maximum atomic E-state index is 12.4. The average molecular weight is 384 g/mol. The van der Waals surface area contributed by atoms with Crippen molar-refractivity contribution in [2.24, 2.45) is 5.92 Å². The summed E-state index contributed by atoms with van der Waals surface area (Å²) in [7, 11) is 0. The Bertz CT molecular complexity index is 318. The predicted molar refractivity (Wildman–Crippen MR) is 118 cm³/mol. The van der Waals surface area contributed by atoms with E-state index in [2.05, 4.69) is 39.9 Å². The molecule has 0 aromatic heterocycles. The molecule has 3 heteroatoms. The van der Waals surface area contributed by atoms with Crippen molar-refractivity contribution in [3.05, 3.63) is 0 Å². The van der Waals surface area contributed by atoms with Crippen molar-refractivity contribution >= 4 is 6.09 Å². The minimum atomic E-state index is -0.197. The van der Waals surface area contributed by atoms with Crippen LogP contribution >= 0.6 is 0 Å². The summed E-state index contributed by atoms with van der Waals surface area (Å²) in [6.45, 7) is 11.0. The Balaban J connectivity index is 4.35. The van der Waals surface area contributed by atoms with Crippen LogP contribution in [0.15, 0.2) is 0 Å². The molecule has 0 radical (unpaired) electrons. The molecule has 0 saturated carbocycles. The highest BCUT2D eigenvalue weighted by Gasteiger charge is 2.18. The van der Waals surface area contributed by atoms with Gasteiger partial charge in [0.15, 0.2) is 0 Å². The van der Waals surface area contributed by atoms with Crippen LogP contribution in [-0.4, -0.2) is 18.2 Å². The summed E-state index contributed by atoms with van der Waals surface area (Å²) in [5, 5.41) is 3.19. The van der Waals surface area contributed by atoms with Crippen LogP contribution in [0.2, 0.25) is 0 Å². The number of carbonyl (C=O) groups is 1. The number of carbonyl (C=O) groups excluding carboxylic acids is 1. The van der Waals surface area contributed by atoms with Gasteiger partial charge >= 0.3 is 6.09 Å². The second kappa shape index (κ2) is 18.6. The lowest BCUT2D eigenvalue weighted by atomic mass is 9.99. The van der Waals surface area contributed by atoms with Gasteiger partial charge in [-0.2, -0.15) is 0 Å². The minimum Gasteiger partial charge on any atom is -0.446 e. The van der Waals surface area contributed by atoms with Crippen molar-refractivity contribution in [2.45, 2.75) is 143 Å². The quantitative estimate of drug-likeness (QED) is 0.243. The fraction of sp³-hybridized carbons (Fsp3) is 0.958. The molecule has 0 aliphatic heterocycles. The first-order valence-electron chi connectivity index (χ1n) is 12.0. The summed E-state index contributed by atoms with van der Waals surface area (Å²) < 4.78 is 5.74. The van der Waals surface area contributed by atoms with Crippen molar-refractivity contribution in [3.8, 4) is 0 Å². The number of hydrogen-bond acceptors (Lipinski definition) is 2. The molecule has 0 heterocycles. The molecule has 0 rings (SSSR count). The third-order valence-electron chi connectivity index (χ3n) is 5.73. The van der Waals surface area contributed by atoms with E-state index in [4.69, 9.17) is 4.74 Å². The van der Waals surface area contributed by atoms with Crippen LogP contribution in [0.3, 0.4) is 0 Å². The molecule has 3 nitrogen and oxygen atoms in total. The molecule has 0 spiro atoms. The highest BCUT2D eigenvalue weighted by atomic mass is 16.6. The lowest BCUT2D eigenvalue weighted by Crippen LogP contribution is -2.37. The van der Waals surface area contributed by atoms with Gasteiger partial charge in [-0.25, -0.2) is 4.79 Å². The summed E-state index contributed by atoms with van der Waals surface area (Å²) in [4.78, 5) is 12.4. The Hall–Kier alpha value is -0.730. The van der Waals surface area contributed by atoms with Crippen LogP contribution in [0.25, 0.3) is 0 Å². The molecule has 2 atom stereocenters. The average Bonchev–Trinajstić information content (AvgIpc) is 2.66. The third-order valence-corrected chi connectivity index (χ3v) is 5.73. The van der Waals surface area contributed by atoms with Crippen molar-refractivity contribution in [1.82, 2.24) is 5.32 Å². The summed E-state index contributed by atoms with van der Waals surface area (Å²) in [6.07, 6.45) is 17.9. The number of nitrogens with one attached hydrogen (secondary N) is 1. The number of amides is 1. The van der Waals surface area contributed by atoms with Gasteiger partial charge in [0.05, 0.1) is 0 Å². The van der Waals surface area contributed by atoms with E-state index < -0.39 is 0 Å². The van der Waals surface area contributed by atoms with E-state index in [9.17, 15) is 4.79 Å². The zero-order valence-electron chi connectivity index (χ0n) is 19.2. The first kappa shape index (κ1) is 26.3. The number of hydrogen-bond donors (Lipinski definition) is 1. The van der Waals surface area contributed by atoms with Gasteiger partial charge in [-0.1, -0.05) is 105 Å². The van der Waals surface area contributed by atoms with E-state index in [0.29, 0.717) is 5.92 Å². The summed E-state index contributed by atoms with van der Waals surface area (Å²) in [5.74, 6) is 0.607. The highest BCUT2D eigenvalue weighted by molar-refractivity contribution is 5.67. The second-order valence-corrected chi connectivity index (χ2v) is 8.43. The molecule has 1 N–H and O–H groups in total. The maximum Gasteiger partial charge on any atom is 0.407 e. The molecular formula is C24H49NO2. The molecule has 0 fully saturated rings. The molecular weight excluding hydrogens is 334 g/mol. The van der Waals surface area contributed by atoms with Gasteiger partial charge in [0.25, 0.3) is 0 Å². The smallest absolute Gasteiger partial charge is 0.407 e. The Labute approximate surface area is 170 Å². The lowest BCUT2D eigenvalue weighted by Gasteiger charge is -2.23. The molecule has 27 heavy (non-hydrogen) atoms. The van der Waals surface area contributed by atoms with Crippen LogP contribution in [0.1, 0.15) is 131 Å². The van der Waals surface area contributed by atoms with Gasteiger partial charge in [0.2, 0.25) is 0 Å². The summed E-state index contributed by atoms with van der Waals surface area (Å²) in [5.41, 5.74) is 0. The number of ether oxygens (including phenoxy) is 1. The van der Waals surface area contributed by atoms with Crippen molar-refractivity contribution in [1.29, 1.82) is 0 Å². The van der Waals surface area contributed by atoms with Gasteiger partial charge in [-0.05, 0) is 31.6 Å². The molecule has 2 unspecified atom stereocenters. The molecule has 162 valence electrons. The van der Waals surface area contributed by atoms with Crippen LogP contribution in [0.4, 0.5) is 4.79 Å². The Kier molecular flexibility index (Phi) is 18.1. The molecule has 0 aliphatic rings. The first-order chi connectivity index (χ1) is 13.1. The fourth-order valence-electron chi connectivity index (χ4n) is 3.54.